The van der Waals surface area contributed by atoms with Crippen molar-refractivity contribution in [3.05, 3.63) is 0 Å². The molecule has 0 aromatic rings. The third-order valence-electron chi connectivity index (χ3n) is 3.14. The van der Waals surface area contributed by atoms with Crippen LogP contribution in [0.4, 0.5) is 0 Å². The minimum atomic E-state index is 0.384. The largest absolute Gasteiger partial charge is 0.329 e. The Balaban J connectivity index is 2.71. The van der Waals surface area contributed by atoms with Crippen LogP contribution in [0.3, 0.4) is 0 Å². The van der Waals surface area contributed by atoms with Gasteiger partial charge in [0.1, 0.15) is 0 Å². The van der Waals surface area contributed by atoms with Crippen LogP contribution >= 0.6 is 0 Å². The molecule has 1 unspecified atom stereocenters. The molecular weight excluding hydrogens is 174 g/mol. The van der Waals surface area contributed by atoms with Gasteiger partial charge in [-0.25, -0.2) is 0 Å². The van der Waals surface area contributed by atoms with Crippen LogP contribution in [-0.2, 0) is 0 Å². The van der Waals surface area contributed by atoms with Crippen molar-refractivity contribution in [3.63, 3.8) is 0 Å². The van der Waals surface area contributed by atoms with E-state index in [0.717, 1.165) is 26.2 Å². The van der Waals surface area contributed by atoms with Gasteiger partial charge in [-0.3, -0.25) is 0 Å². The zero-order valence-electron chi connectivity index (χ0n) is 10.1. The van der Waals surface area contributed by atoms with Crippen LogP contribution in [0.1, 0.15) is 20.8 Å². The molecule has 3 nitrogen and oxygen atoms in total. The molecule has 0 amide bonds. The molecule has 1 aliphatic heterocycles. The van der Waals surface area contributed by atoms with Gasteiger partial charge in [-0.1, -0.05) is 20.8 Å². The van der Waals surface area contributed by atoms with Crippen molar-refractivity contribution in [1.29, 1.82) is 0 Å². The summed E-state index contributed by atoms with van der Waals surface area (Å²) < 4.78 is 0. The number of nitrogens with zero attached hydrogens (tertiary/aromatic N) is 2. The van der Waals surface area contributed by atoms with E-state index in [0.29, 0.717) is 11.5 Å². The normalized spacial score (nSPS) is 30.2. The zero-order chi connectivity index (χ0) is 10.8. The topological polar surface area (TPSA) is 32.5 Å². The summed E-state index contributed by atoms with van der Waals surface area (Å²) in [6.07, 6.45) is 0. The van der Waals surface area contributed by atoms with Crippen LogP contribution in [0.15, 0.2) is 0 Å². The second-order valence-electron chi connectivity index (χ2n) is 5.30. The predicted octanol–water partition coefficient (Wildman–Crippen LogP) is 0.607. The van der Waals surface area contributed by atoms with E-state index < -0.39 is 0 Å². The first-order valence-electron chi connectivity index (χ1n) is 5.61. The smallest absolute Gasteiger partial charge is 0.0342 e. The van der Waals surface area contributed by atoms with Crippen molar-refractivity contribution in [2.75, 3.05) is 39.8 Å². The highest BCUT2D eigenvalue weighted by atomic mass is 15.2. The molecule has 1 rings (SSSR count). The lowest BCUT2D eigenvalue weighted by molar-refractivity contribution is 0.193. The molecule has 84 valence electrons. The summed E-state index contributed by atoms with van der Waals surface area (Å²) >= 11 is 0. The number of nitrogens with two attached hydrogens (primary N) is 1. The number of hydrogen-bond donors (Lipinski definition) is 1. The van der Waals surface area contributed by atoms with E-state index in [1.54, 1.807) is 0 Å². The van der Waals surface area contributed by atoms with Gasteiger partial charge in [0.15, 0.2) is 0 Å². The number of hydrogen-bond acceptors (Lipinski definition) is 3. The van der Waals surface area contributed by atoms with E-state index >= 15 is 0 Å². The van der Waals surface area contributed by atoms with Crippen molar-refractivity contribution in [3.8, 4) is 0 Å². The zero-order valence-corrected chi connectivity index (χ0v) is 10.1. The summed E-state index contributed by atoms with van der Waals surface area (Å²) in [7, 11) is 2.19. The fourth-order valence-electron chi connectivity index (χ4n) is 2.46. The molecule has 14 heavy (non-hydrogen) atoms. The van der Waals surface area contributed by atoms with Gasteiger partial charge in [0, 0.05) is 32.2 Å². The highest BCUT2D eigenvalue weighted by molar-refractivity contribution is 4.86. The standard InChI is InChI=1S/C11H25N3/c1-5-14-7-10(6-12)13(4)8-11(2,3)9-14/h10H,5-9,12H2,1-4H3. The Hall–Kier alpha value is -0.120. The van der Waals surface area contributed by atoms with Crippen LogP contribution in [0.5, 0.6) is 0 Å². The Morgan fingerprint density at radius 3 is 2.50 bits per heavy atom. The van der Waals surface area contributed by atoms with E-state index in [-0.39, 0.29) is 0 Å². The molecule has 1 aliphatic rings. The quantitative estimate of drug-likeness (QED) is 0.707. The molecule has 0 aromatic carbocycles. The number of likely N-dealkylation sites (N-methyl/N-ethyl adjacent to an activating group) is 2. The average molecular weight is 199 g/mol. The molecular formula is C11H25N3. The molecule has 0 spiro atoms. The summed E-state index contributed by atoms with van der Waals surface area (Å²) in [5, 5.41) is 0. The van der Waals surface area contributed by atoms with Gasteiger partial charge >= 0.3 is 0 Å². The molecule has 0 bridgehead atoms. The van der Waals surface area contributed by atoms with Crippen LogP contribution < -0.4 is 5.73 Å². The average Bonchev–Trinajstić information content (AvgIpc) is 2.20. The maximum absolute atomic E-state index is 5.80. The Morgan fingerprint density at radius 1 is 1.36 bits per heavy atom. The fraction of sp³-hybridized carbons (Fsp3) is 1.00. The first-order chi connectivity index (χ1) is 6.48. The maximum Gasteiger partial charge on any atom is 0.0342 e. The maximum atomic E-state index is 5.80. The fourth-order valence-corrected chi connectivity index (χ4v) is 2.46. The molecule has 0 aromatic heterocycles. The highest BCUT2D eigenvalue weighted by Crippen LogP contribution is 2.22. The molecule has 1 fully saturated rings. The third-order valence-corrected chi connectivity index (χ3v) is 3.14. The Labute approximate surface area is 88.2 Å². The van der Waals surface area contributed by atoms with E-state index in [4.69, 9.17) is 5.73 Å². The van der Waals surface area contributed by atoms with Gasteiger partial charge in [-0.2, -0.15) is 0 Å². The summed E-state index contributed by atoms with van der Waals surface area (Å²) in [5.74, 6) is 0. The highest BCUT2D eigenvalue weighted by Gasteiger charge is 2.30. The molecule has 2 N–H and O–H groups in total. The molecule has 0 radical (unpaired) electrons. The van der Waals surface area contributed by atoms with Gasteiger partial charge in [0.25, 0.3) is 0 Å². The van der Waals surface area contributed by atoms with Crippen LogP contribution in [0, 0.1) is 5.41 Å². The lowest BCUT2D eigenvalue weighted by Crippen LogP contribution is -2.44. The summed E-state index contributed by atoms with van der Waals surface area (Å²) in [4.78, 5) is 4.93. The molecule has 1 saturated heterocycles. The SMILES string of the molecule is CCN1CC(CN)N(C)CC(C)(C)C1. The van der Waals surface area contributed by atoms with Crippen LogP contribution in [0.25, 0.3) is 0 Å². The van der Waals surface area contributed by atoms with E-state index in [1.165, 1.54) is 6.54 Å². The Kier molecular flexibility index (Phi) is 3.93. The van der Waals surface area contributed by atoms with Crippen molar-refractivity contribution in [1.82, 2.24) is 9.80 Å². The molecule has 0 aliphatic carbocycles. The Bertz CT molecular complexity index is 175. The van der Waals surface area contributed by atoms with Gasteiger partial charge in [-0.15, -0.1) is 0 Å². The lowest BCUT2D eigenvalue weighted by Gasteiger charge is -2.29. The minimum absolute atomic E-state index is 0.384. The summed E-state index contributed by atoms with van der Waals surface area (Å²) in [5.41, 5.74) is 6.18. The van der Waals surface area contributed by atoms with E-state index in [9.17, 15) is 0 Å². The van der Waals surface area contributed by atoms with Gasteiger partial charge < -0.3 is 15.5 Å². The van der Waals surface area contributed by atoms with E-state index in [1.807, 2.05) is 0 Å². The Morgan fingerprint density at radius 2 is 2.00 bits per heavy atom. The van der Waals surface area contributed by atoms with Crippen LogP contribution in [0.2, 0.25) is 0 Å². The van der Waals surface area contributed by atoms with E-state index in [2.05, 4.69) is 37.6 Å². The lowest BCUT2D eigenvalue weighted by atomic mass is 9.93. The summed E-state index contributed by atoms with van der Waals surface area (Å²) in [6, 6.07) is 0.525. The van der Waals surface area contributed by atoms with Crippen LogP contribution in [-0.4, -0.2) is 55.6 Å². The van der Waals surface area contributed by atoms with Gasteiger partial charge in [0.05, 0.1) is 0 Å². The predicted molar refractivity (Wildman–Crippen MR) is 61.4 cm³/mol. The van der Waals surface area contributed by atoms with Gasteiger partial charge in [0.2, 0.25) is 0 Å². The van der Waals surface area contributed by atoms with Crippen molar-refractivity contribution in [2.24, 2.45) is 11.1 Å². The second kappa shape index (κ2) is 4.60. The first kappa shape index (κ1) is 12.0. The number of rotatable bonds is 2. The molecule has 3 heteroatoms. The monoisotopic (exact) mass is 199 g/mol. The van der Waals surface area contributed by atoms with Crippen molar-refractivity contribution in [2.45, 2.75) is 26.8 Å². The molecule has 0 saturated carbocycles. The minimum Gasteiger partial charge on any atom is -0.329 e. The molecule has 1 heterocycles. The first-order valence-corrected chi connectivity index (χ1v) is 5.61. The third kappa shape index (κ3) is 2.94. The van der Waals surface area contributed by atoms with Crippen molar-refractivity contribution >= 4 is 0 Å². The molecule has 1 atom stereocenters. The van der Waals surface area contributed by atoms with Crippen molar-refractivity contribution < 1.29 is 0 Å². The van der Waals surface area contributed by atoms with Gasteiger partial charge in [-0.05, 0) is 19.0 Å². The summed E-state index contributed by atoms with van der Waals surface area (Å²) in [6.45, 7) is 12.3. The second-order valence-corrected chi connectivity index (χ2v) is 5.30.